The summed E-state index contributed by atoms with van der Waals surface area (Å²) in [6.07, 6.45) is 2.29. The quantitative estimate of drug-likeness (QED) is 0.722. The number of rotatable bonds is 8. The molecule has 1 saturated heterocycles. The molecule has 2 atom stereocenters. The molecule has 1 fully saturated rings. The standard InChI is InChI=1S/C18H28N2O3/c1-3-22-16-7-4-5-8-17(16)23-12-6-9-18(21)20-15-13-19-11-10-14(15)2/h4-5,7-8,14-15,19H,3,6,9-13H2,1-2H3,(H,20,21). The number of para-hydroxylation sites is 2. The average Bonchev–Trinajstić information content (AvgIpc) is 2.55. The zero-order valence-electron chi connectivity index (χ0n) is 14.1. The van der Waals surface area contributed by atoms with Crippen LogP contribution in [0.1, 0.15) is 33.1 Å². The molecule has 2 rings (SSSR count). The Morgan fingerprint density at radius 1 is 1.30 bits per heavy atom. The van der Waals surface area contributed by atoms with Crippen molar-refractivity contribution in [2.45, 2.75) is 39.2 Å². The first kappa shape index (κ1) is 17.6. The number of nitrogens with one attached hydrogen (secondary N) is 2. The first-order valence-electron chi connectivity index (χ1n) is 8.55. The zero-order valence-corrected chi connectivity index (χ0v) is 14.1. The van der Waals surface area contributed by atoms with Crippen LogP contribution in [0.5, 0.6) is 11.5 Å². The van der Waals surface area contributed by atoms with Crippen molar-refractivity contribution >= 4 is 5.91 Å². The molecule has 1 aliphatic rings. The van der Waals surface area contributed by atoms with Crippen molar-refractivity contribution in [2.75, 3.05) is 26.3 Å². The second-order valence-electron chi connectivity index (χ2n) is 5.98. The lowest BCUT2D eigenvalue weighted by Crippen LogP contribution is -2.50. The predicted octanol–water partition coefficient (Wildman–Crippen LogP) is 2.36. The van der Waals surface area contributed by atoms with Gasteiger partial charge in [-0.2, -0.15) is 0 Å². The summed E-state index contributed by atoms with van der Waals surface area (Å²) in [5.74, 6) is 2.13. The minimum Gasteiger partial charge on any atom is -0.490 e. The number of ether oxygens (including phenoxy) is 2. The summed E-state index contributed by atoms with van der Waals surface area (Å²) in [6, 6.07) is 7.87. The summed E-state index contributed by atoms with van der Waals surface area (Å²) in [7, 11) is 0. The van der Waals surface area contributed by atoms with E-state index in [1.807, 2.05) is 31.2 Å². The molecule has 1 aromatic carbocycles. The fourth-order valence-corrected chi connectivity index (χ4v) is 2.72. The molecule has 1 heterocycles. The van der Waals surface area contributed by atoms with E-state index in [-0.39, 0.29) is 11.9 Å². The lowest BCUT2D eigenvalue weighted by molar-refractivity contribution is -0.122. The van der Waals surface area contributed by atoms with Gasteiger partial charge in [0.15, 0.2) is 11.5 Å². The molecule has 0 saturated carbocycles. The van der Waals surface area contributed by atoms with Crippen molar-refractivity contribution in [3.63, 3.8) is 0 Å². The van der Waals surface area contributed by atoms with Gasteiger partial charge in [0.1, 0.15) is 0 Å². The maximum absolute atomic E-state index is 12.0. The van der Waals surface area contributed by atoms with Crippen LogP contribution in [0.2, 0.25) is 0 Å². The van der Waals surface area contributed by atoms with Gasteiger partial charge in [-0.3, -0.25) is 4.79 Å². The Bertz CT molecular complexity index is 493. The van der Waals surface area contributed by atoms with Gasteiger partial charge in [0.05, 0.1) is 13.2 Å². The van der Waals surface area contributed by atoms with E-state index in [2.05, 4.69) is 17.6 Å². The van der Waals surface area contributed by atoms with Gasteiger partial charge < -0.3 is 20.1 Å². The summed E-state index contributed by atoms with van der Waals surface area (Å²) >= 11 is 0. The number of hydrogen-bond donors (Lipinski definition) is 2. The maximum Gasteiger partial charge on any atom is 0.220 e. The Morgan fingerprint density at radius 2 is 2.04 bits per heavy atom. The van der Waals surface area contributed by atoms with Crippen molar-refractivity contribution in [1.82, 2.24) is 10.6 Å². The summed E-state index contributed by atoms with van der Waals surface area (Å²) in [5, 5.41) is 6.44. The molecule has 0 aliphatic carbocycles. The van der Waals surface area contributed by atoms with Crippen molar-refractivity contribution in [3.05, 3.63) is 24.3 Å². The number of carbonyl (C=O) groups is 1. The third-order valence-corrected chi connectivity index (χ3v) is 4.13. The number of carbonyl (C=O) groups excluding carboxylic acids is 1. The number of benzene rings is 1. The Kier molecular flexibility index (Phi) is 7.20. The fraction of sp³-hybridized carbons (Fsp3) is 0.611. The largest absolute Gasteiger partial charge is 0.490 e. The Hall–Kier alpha value is -1.75. The molecule has 0 spiro atoms. The second-order valence-corrected chi connectivity index (χ2v) is 5.98. The smallest absolute Gasteiger partial charge is 0.220 e. The molecule has 0 aromatic heterocycles. The molecule has 23 heavy (non-hydrogen) atoms. The highest BCUT2D eigenvalue weighted by Crippen LogP contribution is 2.26. The molecule has 1 aliphatic heterocycles. The van der Waals surface area contributed by atoms with Crippen LogP contribution in [-0.4, -0.2) is 38.3 Å². The van der Waals surface area contributed by atoms with E-state index >= 15 is 0 Å². The van der Waals surface area contributed by atoms with Gasteiger partial charge in [0.2, 0.25) is 5.91 Å². The molecule has 0 radical (unpaired) electrons. The summed E-state index contributed by atoms with van der Waals surface area (Å²) in [4.78, 5) is 12.0. The van der Waals surface area contributed by atoms with Gasteiger partial charge in [0, 0.05) is 19.0 Å². The van der Waals surface area contributed by atoms with Crippen LogP contribution in [0.4, 0.5) is 0 Å². The minimum atomic E-state index is 0.104. The second kappa shape index (κ2) is 9.40. The van der Waals surface area contributed by atoms with Gasteiger partial charge >= 0.3 is 0 Å². The van der Waals surface area contributed by atoms with E-state index in [9.17, 15) is 4.79 Å². The molecule has 0 bridgehead atoms. The Morgan fingerprint density at radius 3 is 2.74 bits per heavy atom. The average molecular weight is 320 g/mol. The molecular formula is C18H28N2O3. The van der Waals surface area contributed by atoms with Crippen LogP contribution in [0, 0.1) is 5.92 Å². The Balaban J connectivity index is 1.68. The molecule has 5 heteroatoms. The number of piperidine rings is 1. The Labute approximate surface area is 138 Å². The van der Waals surface area contributed by atoms with Crippen LogP contribution >= 0.6 is 0 Å². The van der Waals surface area contributed by atoms with Crippen molar-refractivity contribution in [3.8, 4) is 11.5 Å². The van der Waals surface area contributed by atoms with Crippen LogP contribution in [0.3, 0.4) is 0 Å². The van der Waals surface area contributed by atoms with Gasteiger partial charge in [-0.1, -0.05) is 19.1 Å². The highest BCUT2D eigenvalue weighted by Gasteiger charge is 2.22. The van der Waals surface area contributed by atoms with E-state index < -0.39 is 0 Å². The molecule has 1 amide bonds. The predicted molar refractivity (Wildman–Crippen MR) is 90.9 cm³/mol. The monoisotopic (exact) mass is 320 g/mol. The first-order chi connectivity index (χ1) is 11.2. The lowest BCUT2D eigenvalue weighted by Gasteiger charge is -2.30. The van der Waals surface area contributed by atoms with E-state index in [0.717, 1.165) is 31.0 Å². The van der Waals surface area contributed by atoms with Gasteiger partial charge in [-0.25, -0.2) is 0 Å². The van der Waals surface area contributed by atoms with Crippen LogP contribution in [0.15, 0.2) is 24.3 Å². The minimum absolute atomic E-state index is 0.104. The van der Waals surface area contributed by atoms with E-state index in [0.29, 0.717) is 32.0 Å². The van der Waals surface area contributed by atoms with E-state index in [4.69, 9.17) is 9.47 Å². The summed E-state index contributed by atoms with van der Waals surface area (Å²) in [5.41, 5.74) is 0. The van der Waals surface area contributed by atoms with E-state index in [1.54, 1.807) is 0 Å². The van der Waals surface area contributed by atoms with Crippen molar-refractivity contribution < 1.29 is 14.3 Å². The fourth-order valence-electron chi connectivity index (χ4n) is 2.72. The number of amides is 1. The molecule has 2 N–H and O–H groups in total. The van der Waals surface area contributed by atoms with Crippen LogP contribution in [-0.2, 0) is 4.79 Å². The summed E-state index contributed by atoms with van der Waals surface area (Å²) in [6.45, 7) is 7.17. The molecule has 1 aromatic rings. The molecular weight excluding hydrogens is 292 g/mol. The van der Waals surface area contributed by atoms with Crippen LogP contribution in [0.25, 0.3) is 0 Å². The third kappa shape index (κ3) is 5.75. The summed E-state index contributed by atoms with van der Waals surface area (Å²) < 4.78 is 11.3. The maximum atomic E-state index is 12.0. The normalized spacial score (nSPS) is 20.8. The molecule has 2 unspecified atom stereocenters. The highest BCUT2D eigenvalue weighted by atomic mass is 16.5. The van der Waals surface area contributed by atoms with E-state index in [1.165, 1.54) is 0 Å². The molecule has 128 valence electrons. The topological polar surface area (TPSA) is 59.6 Å². The van der Waals surface area contributed by atoms with Crippen molar-refractivity contribution in [1.29, 1.82) is 0 Å². The van der Waals surface area contributed by atoms with Crippen molar-refractivity contribution in [2.24, 2.45) is 5.92 Å². The van der Waals surface area contributed by atoms with Gasteiger partial charge in [-0.05, 0) is 44.4 Å². The zero-order chi connectivity index (χ0) is 16.5. The highest BCUT2D eigenvalue weighted by molar-refractivity contribution is 5.76. The lowest BCUT2D eigenvalue weighted by atomic mass is 9.95. The van der Waals surface area contributed by atoms with Gasteiger partial charge in [0.25, 0.3) is 0 Å². The van der Waals surface area contributed by atoms with Gasteiger partial charge in [-0.15, -0.1) is 0 Å². The van der Waals surface area contributed by atoms with Crippen LogP contribution < -0.4 is 20.1 Å². The molecule has 5 nitrogen and oxygen atoms in total. The first-order valence-corrected chi connectivity index (χ1v) is 8.55. The number of hydrogen-bond acceptors (Lipinski definition) is 4. The third-order valence-electron chi connectivity index (χ3n) is 4.13. The SMILES string of the molecule is CCOc1ccccc1OCCCC(=O)NC1CNCCC1C.